The Balaban J connectivity index is 4.51. The molecule has 0 aliphatic rings. The molecule has 1 atom stereocenters. The molecule has 1 N–H and O–H groups in total. The molecule has 0 aliphatic carbocycles. The third-order valence-electron chi connectivity index (χ3n) is 2.03. The fourth-order valence-electron chi connectivity index (χ4n) is 0.947. The van der Waals surface area contributed by atoms with E-state index in [2.05, 4.69) is 6.58 Å². The Morgan fingerprint density at radius 2 is 2.08 bits per heavy atom. The fourth-order valence-corrected chi connectivity index (χ4v) is 0.947. The van der Waals surface area contributed by atoms with Crippen molar-refractivity contribution in [1.82, 2.24) is 0 Å². The minimum atomic E-state index is -0.993. The van der Waals surface area contributed by atoms with Gasteiger partial charge in [0.15, 0.2) is 0 Å². The van der Waals surface area contributed by atoms with E-state index in [-0.39, 0.29) is 5.57 Å². The predicted octanol–water partition coefficient (Wildman–Crippen LogP) is 1.83. The first-order valence-corrected chi connectivity index (χ1v) is 4.04. The summed E-state index contributed by atoms with van der Waals surface area (Å²) in [6.45, 7) is 9.45. The van der Waals surface area contributed by atoms with Crippen LogP contribution < -0.4 is 0 Å². The summed E-state index contributed by atoms with van der Waals surface area (Å²) in [6.07, 6.45) is 0.617. The van der Waals surface area contributed by atoms with Gasteiger partial charge in [0.05, 0.1) is 11.2 Å². The standard InChI is InChI=1S/C9H16O3/c1-5-9(4,12-6-2)7(3)8(10)11/h3,5-6H2,1-2,4H3,(H,10,11). The van der Waals surface area contributed by atoms with E-state index in [0.717, 1.165) is 0 Å². The van der Waals surface area contributed by atoms with E-state index in [9.17, 15) is 4.79 Å². The van der Waals surface area contributed by atoms with Crippen LogP contribution >= 0.6 is 0 Å². The zero-order valence-corrected chi connectivity index (χ0v) is 7.89. The van der Waals surface area contributed by atoms with Gasteiger partial charge in [0, 0.05) is 6.61 Å². The number of carboxylic acid groups (broad SMARTS) is 1. The Morgan fingerprint density at radius 1 is 1.58 bits per heavy atom. The normalized spacial score (nSPS) is 15.2. The Kier molecular flexibility index (Phi) is 3.96. The van der Waals surface area contributed by atoms with Crippen LogP contribution in [0, 0.1) is 0 Å². The van der Waals surface area contributed by atoms with Crippen molar-refractivity contribution in [2.75, 3.05) is 6.61 Å². The van der Waals surface area contributed by atoms with Crippen molar-refractivity contribution in [3.63, 3.8) is 0 Å². The van der Waals surface area contributed by atoms with Gasteiger partial charge in [-0.05, 0) is 20.3 Å². The van der Waals surface area contributed by atoms with Gasteiger partial charge in [0.25, 0.3) is 0 Å². The van der Waals surface area contributed by atoms with Crippen LogP contribution in [-0.4, -0.2) is 23.3 Å². The monoisotopic (exact) mass is 172 g/mol. The van der Waals surface area contributed by atoms with Crippen LogP contribution in [-0.2, 0) is 9.53 Å². The highest BCUT2D eigenvalue weighted by Gasteiger charge is 2.30. The second kappa shape index (κ2) is 4.26. The Bertz CT molecular complexity index is 186. The Labute approximate surface area is 73.0 Å². The molecule has 0 aromatic rings. The molecule has 70 valence electrons. The molecule has 0 spiro atoms. The highest BCUT2D eigenvalue weighted by Crippen LogP contribution is 2.23. The van der Waals surface area contributed by atoms with E-state index < -0.39 is 11.6 Å². The van der Waals surface area contributed by atoms with Crippen molar-refractivity contribution in [2.24, 2.45) is 0 Å². The first kappa shape index (κ1) is 11.2. The summed E-state index contributed by atoms with van der Waals surface area (Å²) < 4.78 is 5.32. The molecule has 1 unspecified atom stereocenters. The smallest absolute Gasteiger partial charge is 0.333 e. The van der Waals surface area contributed by atoms with Crippen molar-refractivity contribution in [3.8, 4) is 0 Å². The summed E-state index contributed by atoms with van der Waals surface area (Å²) in [5, 5.41) is 8.70. The van der Waals surface area contributed by atoms with E-state index in [1.54, 1.807) is 6.92 Å². The first-order valence-electron chi connectivity index (χ1n) is 4.04. The van der Waals surface area contributed by atoms with Gasteiger partial charge in [-0.15, -0.1) is 0 Å². The summed E-state index contributed by atoms with van der Waals surface area (Å²) in [4.78, 5) is 10.6. The topological polar surface area (TPSA) is 46.5 Å². The highest BCUT2D eigenvalue weighted by molar-refractivity contribution is 5.88. The molecule has 0 saturated carbocycles. The van der Waals surface area contributed by atoms with E-state index >= 15 is 0 Å². The van der Waals surface area contributed by atoms with E-state index in [0.29, 0.717) is 13.0 Å². The van der Waals surface area contributed by atoms with Crippen LogP contribution in [0.3, 0.4) is 0 Å². The molecule has 0 heterocycles. The number of carboxylic acids is 1. The third-order valence-corrected chi connectivity index (χ3v) is 2.03. The average Bonchev–Trinajstić information content (AvgIpc) is 2.03. The van der Waals surface area contributed by atoms with E-state index in [1.807, 2.05) is 13.8 Å². The zero-order chi connectivity index (χ0) is 9.78. The molecule has 0 fully saturated rings. The fraction of sp³-hybridized carbons (Fsp3) is 0.667. The molecule has 0 aromatic heterocycles. The van der Waals surface area contributed by atoms with Crippen molar-refractivity contribution in [3.05, 3.63) is 12.2 Å². The van der Waals surface area contributed by atoms with Crippen molar-refractivity contribution >= 4 is 5.97 Å². The lowest BCUT2D eigenvalue weighted by atomic mass is 9.94. The van der Waals surface area contributed by atoms with Crippen molar-refractivity contribution in [2.45, 2.75) is 32.8 Å². The molecule has 0 radical (unpaired) electrons. The van der Waals surface area contributed by atoms with Gasteiger partial charge >= 0.3 is 5.97 Å². The van der Waals surface area contributed by atoms with Crippen LogP contribution in [0.2, 0.25) is 0 Å². The van der Waals surface area contributed by atoms with Crippen LogP contribution in [0.4, 0.5) is 0 Å². The van der Waals surface area contributed by atoms with Gasteiger partial charge in [0.2, 0.25) is 0 Å². The molecule has 3 heteroatoms. The molecule has 0 aromatic carbocycles. The number of rotatable bonds is 5. The van der Waals surface area contributed by atoms with Crippen LogP contribution in [0.5, 0.6) is 0 Å². The molecule has 0 aliphatic heterocycles. The second-order valence-electron chi connectivity index (χ2n) is 2.80. The van der Waals surface area contributed by atoms with Crippen molar-refractivity contribution < 1.29 is 14.6 Å². The third kappa shape index (κ3) is 2.34. The summed E-state index contributed by atoms with van der Waals surface area (Å²) in [5.41, 5.74) is -0.604. The van der Waals surface area contributed by atoms with Crippen molar-refractivity contribution in [1.29, 1.82) is 0 Å². The molecule has 3 nitrogen and oxygen atoms in total. The molecular formula is C9H16O3. The molecule has 0 rings (SSSR count). The van der Waals surface area contributed by atoms with Gasteiger partial charge in [0.1, 0.15) is 0 Å². The number of hydrogen-bond donors (Lipinski definition) is 1. The van der Waals surface area contributed by atoms with E-state index in [4.69, 9.17) is 9.84 Å². The lowest BCUT2D eigenvalue weighted by Crippen LogP contribution is -2.33. The van der Waals surface area contributed by atoms with Gasteiger partial charge in [-0.2, -0.15) is 0 Å². The van der Waals surface area contributed by atoms with Gasteiger partial charge in [-0.3, -0.25) is 0 Å². The average molecular weight is 172 g/mol. The summed E-state index contributed by atoms with van der Waals surface area (Å²) in [7, 11) is 0. The molecular weight excluding hydrogens is 156 g/mol. The molecule has 12 heavy (non-hydrogen) atoms. The van der Waals surface area contributed by atoms with Crippen LogP contribution in [0.25, 0.3) is 0 Å². The number of hydrogen-bond acceptors (Lipinski definition) is 2. The Morgan fingerprint density at radius 3 is 2.33 bits per heavy atom. The lowest BCUT2D eigenvalue weighted by Gasteiger charge is -2.27. The van der Waals surface area contributed by atoms with Gasteiger partial charge < -0.3 is 9.84 Å². The van der Waals surface area contributed by atoms with Crippen LogP contribution in [0.15, 0.2) is 12.2 Å². The highest BCUT2D eigenvalue weighted by atomic mass is 16.5. The minimum absolute atomic E-state index is 0.117. The summed E-state index contributed by atoms with van der Waals surface area (Å²) in [6, 6.07) is 0. The second-order valence-corrected chi connectivity index (χ2v) is 2.80. The molecule has 0 amide bonds. The number of aliphatic carboxylic acids is 1. The molecule has 0 bridgehead atoms. The maximum Gasteiger partial charge on any atom is 0.333 e. The first-order chi connectivity index (χ1) is 5.48. The van der Waals surface area contributed by atoms with Gasteiger partial charge in [-0.1, -0.05) is 13.5 Å². The Hall–Kier alpha value is -0.830. The van der Waals surface area contributed by atoms with E-state index in [1.165, 1.54) is 0 Å². The van der Waals surface area contributed by atoms with Gasteiger partial charge in [-0.25, -0.2) is 4.79 Å². The maximum absolute atomic E-state index is 10.6. The van der Waals surface area contributed by atoms with Crippen LogP contribution in [0.1, 0.15) is 27.2 Å². The lowest BCUT2D eigenvalue weighted by molar-refractivity contribution is -0.136. The number of ether oxygens (including phenoxy) is 1. The zero-order valence-electron chi connectivity index (χ0n) is 7.89. The minimum Gasteiger partial charge on any atom is -0.478 e. The maximum atomic E-state index is 10.6. The summed E-state index contributed by atoms with van der Waals surface area (Å²) >= 11 is 0. The quantitative estimate of drug-likeness (QED) is 0.643. The largest absolute Gasteiger partial charge is 0.478 e. The predicted molar refractivity (Wildman–Crippen MR) is 47.1 cm³/mol. The molecule has 0 saturated heterocycles. The summed E-state index contributed by atoms with van der Waals surface area (Å²) in [5.74, 6) is -0.993. The SMILES string of the molecule is C=C(C(=O)O)C(C)(CC)OCC. The number of carbonyl (C=O) groups is 1.